The molecule has 1 aromatic carbocycles. The van der Waals surface area contributed by atoms with Gasteiger partial charge in [0.25, 0.3) is 0 Å². The maximum atomic E-state index is 12.7. The van der Waals surface area contributed by atoms with Crippen LogP contribution in [-0.4, -0.2) is 120 Å². The van der Waals surface area contributed by atoms with E-state index in [-0.39, 0.29) is 6.61 Å². The highest BCUT2D eigenvalue weighted by atomic mass is 32.3. The number of rotatable bonds is 10. The first-order valence-corrected chi connectivity index (χ1v) is 12.6. The zero-order valence-electron chi connectivity index (χ0n) is 19.6. The summed E-state index contributed by atoms with van der Waals surface area (Å²) in [7, 11) is -5.17. The van der Waals surface area contributed by atoms with Gasteiger partial charge in [-0.1, -0.05) is 30.3 Å². The van der Waals surface area contributed by atoms with Crippen LogP contribution >= 0.6 is 0 Å². The summed E-state index contributed by atoms with van der Waals surface area (Å²) in [5, 5.41) is 61.8. The Hall–Kier alpha value is -1.80. The van der Waals surface area contributed by atoms with Crippen LogP contribution in [0.2, 0.25) is 0 Å². The van der Waals surface area contributed by atoms with Crippen molar-refractivity contribution in [3.05, 3.63) is 35.9 Å². The minimum Gasteiger partial charge on any atom is -0.394 e. The van der Waals surface area contributed by atoms with Gasteiger partial charge in [-0.15, -0.1) is 0 Å². The van der Waals surface area contributed by atoms with E-state index in [1.54, 1.807) is 30.3 Å². The molecule has 0 radical (unpaired) electrons. The number of nitrogens with one attached hydrogen (secondary N) is 1. The third kappa shape index (κ3) is 7.41. The minimum absolute atomic E-state index is 0.0450. The molecule has 0 bridgehead atoms. The number of ether oxygens (including phenoxy) is 3. The van der Waals surface area contributed by atoms with Crippen LogP contribution in [0.4, 0.5) is 0 Å². The van der Waals surface area contributed by atoms with Crippen molar-refractivity contribution in [2.24, 2.45) is 0 Å². The molecule has 15 nitrogen and oxygen atoms in total. The van der Waals surface area contributed by atoms with Gasteiger partial charge in [-0.3, -0.25) is 4.79 Å². The average Bonchev–Trinajstić information content (AvgIpc) is 2.86. The number of benzene rings is 1. The second kappa shape index (κ2) is 12.8. The predicted molar refractivity (Wildman–Crippen MR) is 119 cm³/mol. The lowest BCUT2D eigenvalue weighted by atomic mass is 9.97. The van der Waals surface area contributed by atoms with Crippen LogP contribution in [0.15, 0.2) is 30.3 Å². The Morgan fingerprint density at radius 2 is 1.49 bits per heavy atom. The summed E-state index contributed by atoms with van der Waals surface area (Å²) in [4.78, 5) is 11.9. The third-order valence-electron chi connectivity index (χ3n) is 5.77. The minimum atomic E-state index is -5.17. The molecule has 0 aliphatic carbocycles. The van der Waals surface area contributed by atoms with Gasteiger partial charge in [0.05, 0.1) is 19.8 Å². The Morgan fingerprint density at radius 3 is 2.08 bits per heavy atom. The van der Waals surface area contributed by atoms with Crippen LogP contribution in [0.1, 0.15) is 12.5 Å². The summed E-state index contributed by atoms with van der Waals surface area (Å²) in [6.45, 7) is -0.536. The third-order valence-corrected chi connectivity index (χ3v) is 6.65. The van der Waals surface area contributed by atoms with Crippen molar-refractivity contribution < 1.29 is 66.4 Å². The van der Waals surface area contributed by atoms with E-state index >= 15 is 0 Å². The lowest BCUT2D eigenvalue weighted by molar-refractivity contribution is -0.283. The molecule has 210 valence electrons. The Balaban J connectivity index is 1.81. The number of hydrogen-bond acceptors (Lipinski definition) is 14. The van der Waals surface area contributed by atoms with E-state index in [2.05, 4.69) is 5.32 Å². The summed E-state index contributed by atoms with van der Waals surface area (Å²) < 4.78 is 51.5. The summed E-state index contributed by atoms with van der Waals surface area (Å²) in [5.74, 6) is -0.655. The number of aliphatic hydroxyl groups excluding tert-OH is 6. The largest absolute Gasteiger partial charge is 0.402 e. The van der Waals surface area contributed by atoms with E-state index in [0.29, 0.717) is 5.56 Å². The molecule has 3 rings (SSSR count). The van der Waals surface area contributed by atoms with Crippen LogP contribution in [0, 0.1) is 0 Å². The molecule has 2 aliphatic heterocycles. The Labute approximate surface area is 212 Å². The molecule has 2 saturated heterocycles. The molecular formula is C21H31NO14S. The average molecular weight is 554 g/mol. The molecule has 7 N–H and O–H groups in total. The molecule has 10 atom stereocenters. The molecule has 37 heavy (non-hydrogen) atoms. The van der Waals surface area contributed by atoms with Crippen molar-refractivity contribution in [2.75, 3.05) is 13.2 Å². The monoisotopic (exact) mass is 553 g/mol. The molecular weight excluding hydrogens is 522 g/mol. The number of hydrogen-bond donors (Lipinski definition) is 7. The van der Waals surface area contributed by atoms with Gasteiger partial charge in [0, 0.05) is 6.92 Å². The zero-order chi connectivity index (χ0) is 27.3. The van der Waals surface area contributed by atoms with Crippen LogP contribution in [0.5, 0.6) is 0 Å². The molecule has 0 saturated carbocycles. The normalized spacial score (nSPS) is 36.7. The fourth-order valence-corrected chi connectivity index (χ4v) is 4.83. The number of aliphatic hydroxyl groups is 6. The topological polar surface area (TPSA) is 231 Å². The standard InChI is InChI=1S/C21H31NO14S/c1-10(25)22-14-19(16(27)13(8-24)33-20(14)32-9-11-5-3-2-4-6-11)35-37(30,31)36-21-18(29)17(28)15(26)12(7-23)34-21/h2-6,12-21,23-24,26-29H,7-9H2,1H3,(H,22,25)/t12-,13-,14+,15+,16-,17+,18-,19+,20+,21+/m1/s1. The highest BCUT2D eigenvalue weighted by molar-refractivity contribution is 7.81. The molecule has 1 amide bonds. The van der Waals surface area contributed by atoms with Crippen LogP contribution in [-0.2, 0) is 44.4 Å². The van der Waals surface area contributed by atoms with E-state index in [4.69, 9.17) is 22.6 Å². The van der Waals surface area contributed by atoms with Gasteiger partial charge in [-0.25, -0.2) is 8.37 Å². The van der Waals surface area contributed by atoms with E-state index < -0.39 is 90.9 Å². The van der Waals surface area contributed by atoms with Gasteiger partial charge < -0.3 is 50.2 Å². The van der Waals surface area contributed by atoms with Crippen LogP contribution in [0.3, 0.4) is 0 Å². The fraction of sp³-hybridized carbons (Fsp3) is 0.667. The van der Waals surface area contributed by atoms with Crippen molar-refractivity contribution in [3.63, 3.8) is 0 Å². The summed E-state index contributed by atoms with van der Waals surface area (Å²) in [6.07, 6.45) is -15.7. The SMILES string of the molecule is CC(=O)N[C@@H]1[C@@H](OCc2ccccc2)O[C@H](CO)[C@@H](O)[C@H]1OS(=O)(=O)O[C@@H]1O[C@H](CO)[C@H](O)[C@H](O)[C@H]1O. The van der Waals surface area contributed by atoms with Gasteiger partial charge in [0.2, 0.25) is 12.2 Å². The quantitative estimate of drug-likeness (QED) is 0.148. The summed E-state index contributed by atoms with van der Waals surface area (Å²) >= 11 is 0. The molecule has 16 heteroatoms. The lowest BCUT2D eigenvalue weighted by Gasteiger charge is -2.43. The molecule has 0 spiro atoms. The van der Waals surface area contributed by atoms with Gasteiger partial charge in [0.15, 0.2) is 6.29 Å². The zero-order valence-corrected chi connectivity index (χ0v) is 20.5. The molecule has 0 aromatic heterocycles. The molecule has 1 aromatic rings. The number of amides is 1. The molecule has 2 aliphatic rings. The predicted octanol–water partition coefficient (Wildman–Crippen LogP) is -3.77. The Bertz CT molecular complexity index is 979. The van der Waals surface area contributed by atoms with E-state index in [0.717, 1.165) is 6.92 Å². The number of carbonyl (C=O) groups excluding carboxylic acids is 1. The number of carbonyl (C=O) groups is 1. The van der Waals surface area contributed by atoms with Crippen LogP contribution in [0.25, 0.3) is 0 Å². The van der Waals surface area contributed by atoms with Crippen molar-refractivity contribution >= 4 is 16.3 Å². The maximum Gasteiger partial charge on any atom is 0.402 e. The first-order valence-electron chi connectivity index (χ1n) is 11.3. The van der Waals surface area contributed by atoms with E-state index in [1.807, 2.05) is 0 Å². The second-order valence-electron chi connectivity index (χ2n) is 8.50. The van der Waals surface area contributed by atoms with Crippen molar-refractivity contribution in [1.82, 2.24) is 5.32 Å². The van der Waals surface area contributed by atoms with Crippen molar-refractivity contribution in [2.45, 2.75) is 74.9 Å². The van der Waals surface area contributed by atoms with Crippen molar-refractivity contribution in [1.29, 1.82) is 0 Å². The van der Waals surface area contributed by atoms with Gasteiger partial charge in [0.1, 0.15) is 48.8 Å². The van der Waals surface area contributed by atoms with Gasteiger partial charge >= 0.3 is 10.4 Å². The lowest BCUT2D eigenvalue weighted by Crippen LogP contribution is -2.66. The summed E-state index contributed by atoms with van der Waals surface area (Å²) in [6, 6.07) is 7.33. The molecule has 2 heterocycles. The Kier molecular flexibility index (Phi) is 10.3. The highest BCUT2D eigenvalue weighted by Crippen LogP contribution is 2.29. The Morgan fingerprint density at radius 1 is 0.892 bits per heavy atom. The fourth-order valence-electron chi connectivity index (χ4n) is 3.89. The highest BCUT2D eigenvalue weighted by Gasteiger charge is 2.51. The van der Waals surface area contributed by atoms with E-state index in [9.17, 15) is 43.9 Å². The molecule has 0 unspecified atom stereocenters. The van der Waals surface area contributed by atoms with Crippen LogP contribution < -0.4 is 5.32 Å². The first kappa shape index (κ1) is 29.8. The van der Waals surface area contributed by atoms with Gasteiger partial charge in [-0.2, -0.15) is 8.42 Å². The van der Waals surface area contributed by atoms with Crippen molar-refractivity contribution in [3.8, 4) is 0 Å². The smallest absolute Gasteiger partial charge is 0.394 e. The molecule has 2 fully saturated rings. The second-order valence-corrected chi connectivity index (χ2v) is 9.70. The summed E-state index contributed by atoms with van der Waals surface area (Å²) in [5.41, 5.74) is 0.704. The first-order chi connectivity index (χ1) is 17.5. The maximum absolute atomic E-state index is 12.7. The van der Waals surface area contributed by atoms with Gasteiger partial charge in [-0.05, 0) is 5.56 Å². The van der Waals surface area contributed by atoms with E-state index in [1.165, 1.54) is 0 Å².